The molecule has 1 N–H and O–H groups in total. The second-order valence-electron chi connectivity index (χ2n) is 8.19. The van der Waals surface area contributed by atoms with E-state index in [1.807, 2.05) is 29.2 Å². The Labute approximate surface area is 145 Å². The minimum Gasteiger partial charge on any atom is -0.396 e. The molecule has 0 radical (unpaired) electrons. The van der Waals surface area contributed by atoms with Crippen molar-refractivity contribution < 1.29 is 5.11 Å². The molecule has 2 rings (SSSR count). The lowest BCUT2D eigenvalue weighted by Gasteiger charge is -2.35. The molecule has 0 amide bonds. The van der Waals surface area contributed by atoms with E-state index >= 15 is 0 Å². The smallest absolute Gasteiger partial charge is 0.114 e. The highest BCUT2D eigenvalue weighted by Gasteiger charge is 2.28. The Morgan fingerprint density at radius 1 is 1.12 bits per heavy atom. The Morgan fingerprint density at radius 2 is 1.88 bits per heavy atom. The molecule has 24 heavy (non-hydrogen) atoms. The summed E-state index contributed by atoms with van der Waals surface area (Å²) in [6.45, 7) is 10.3. The highest BCUT2D eigenvalue weighted by Crippen LogP contribution is 2.39. The number of rotatable bonds is 9. The Kier molecular flexibility index (Phi) is 6.10. The summed E-state index contributed by atoms with van der Waals surface area (Å²) in [4.78, 5) is 4.13. The van der Waals surface area contributed by atoms with E-state index in [1.165, 1.54) is 0 Å². The maximum atomic E-state index is 9.05. The number of aliphatic hydroxyl groups excluding tert-OH is 1. The van der Waals surface area contributed by atoms with E-state index < -0.39 is 0 Å². The largest absolute Gasteiger partial charge is 0.396 e. The van der Waals surface area contributed by atoms with Crippen LogP contribution in [0, 0.1) is 10.8 Å². The van der Waals surface area contributed by atoms with E-state index in [1.54, 1.807) is 6.20 Å². The van der Waals surface area contributed by atoms with Crippen molar-refractivity contribution in [3.05, 3.63) is 30.7 Å². The van der Waals surface area contributed by atoms with Crippen molar-refractivity contribution in [3.8, 4) is 11.3 Å². The molecule has 5 heteroatoms. The van der Waals surface area contributed by atoms with Gasteiger partial charge in [0.1, 0.15) is 5.69 Å². The van der Waals surface area contributed by atoms with Gasteiger partial charge in [-0.05, 0) is 48.6 Å². The molecule has 2 aromatic rings. The second-order valence-corrected chi connectivity index (χ2v) is 8.19. The van der Waals surface area contributed by atoms with Crippen molar-refractivity contribution in [2.45, 2.75) is 59.9 Å². The van der Waals surface area contributed by atoms with Crippen molar-refractivity contribution in [2.75, 3.05) is 6.61 Å². The van der Waals surface area contributed by atoms with Crippen molar-refractivity contribution in [1.82, 2.24) is 20.0 Å². The second kappa shape index (κ2) is 7.88. The maximum absolute atomic E-state index is 9.05. The summed E-state index contributed by atoms with van der Waals surface area (Å²) < 4.78 is 1.92. The van der Waals surface area contributed by atoms with E-state index in [0.29, 0.717) is 0 Å². The van der Waals surface area contributed by atoms with Gasteiger partial charge >= 0.3 is 0 Å². The van der Waals surface area contributed by atoms with E-state index in [-0.39, 0.29) is 17.4 Å². The van der Waals surface area contributed by atoms with Gasteiger partial charge in [0.15, 0.2) is 0 Å². The number of nitrogens with zero attached hydrogens (tertiary/aromatic N) is 4. The monoisotopic (exact) mass is 330 g/mol. The van der Waals surface area contributed by atoms with Crippen molar-refractivity contribution in [3.63, 3.8) is 0 Å². The van der Waals surface area contributed by atoms with Crippen LogP contribution in [0.3, 0.4) is 0 Å². The third-order valence-corrected chi connectivity index (χ3v) is 4.48. The van der Waals surface area contributed by atoms with Gasteiger partial charge in [-0.15, -0.1) is 5.10 Å². The molecule has 0 aromatic carbocycles. The van der Waals surface area contributed by atoms with Gasteiger partial charge in [0.05, 0.1) is 6.20 Å². The average molecular weight is 330 g/mol. The maximum Gasteiger partial charge on any atom is 0.114 e. The molecule has 0 unspecified atom stereocenters. The van der Waals surface area contributed by atoms with Crippen LogP contribution in [0.4, 0.5) is 0 Å². The number of aliphatic hydroxyl groups is 1. The summed E-state index contributed by atoms with van der Waals surface area (Å²) in [5.74, 6) is 0. The van der Waals surface area contributed by atoms with Crippen LogP contribution in [0.25, 0.3) is 11.3 Å². The number of aryl methyl sites for hydroxylation is 1. The zero-order chi connectivity index (χ0) is 17.6. The predicted molar refractivity (Wildman–Crippen MR) is 96.4 cm³/mol. The zero-order valence-corrected chi connectivity index (χ0v) is 15.4. The molecule has 0 bridgehead atoms. The lowest BCUT2D eigenvalue weighted by atomic mass is 9.71. The predicted octanol–water partition coefficient (Wildman–Crippen LogP) is 3.95. The first-order valence-corrected chi connectivity index (χ1v) is 8.73. The average Bonchev–Trinajstić information content (AvgIpc) is 3.00. The van der Waals surface area contributed by atoms with E-state index in [9.17, 15) is 0 Å². The molecule has 0 saturated heterocycles. The van der Waals surface area contributed by atoms with Crippen LogP contribution >= 0.6 is 0 Å². The number of hydrogen-bond donors (Lipinski definition) is 1. The van der Waals surface area contributed by atoms with Crippen LogP contribution < -0.4 is 0 Å². The SMILES string of the molecule is CC(C)(CCCO)CC(C)(C)CCn1cc(-c2cccnc2)nn1. The molecule has 2 heterocycles. The van der Waals surface area contributed by atoms with Crippen LogP contribution in [0.1, 0.15) is 53.4 Å². The summed E-state index contributed by atoms with van der Waals surface area (Å²) in [7, 11) is 0. The summed E-state index contributed by atoms with van der Waals surface area (Å²) in [5, 5.41) is 17.5. The van der Waals surface area contributed by atoms with Gasteiger partial charge in [0, 0.05) is 31.1 Å². The molecule has 0 aliphatic rings. The third-order valence-electron chi connectivity index (χ3n) is 4.48. The Hall–Kier alpha value is -1.75. The molecular weight excluding hydrogens is 300 g/mol. The van der Waals surface area contributed by atoms with Crippen LogP contribution in [0.15, 0.2) is 30.7 Å². The molecule has 0 saturated carbocycles. The fourth-order valence-corrected chi connectivity index (χ4v) is 3.50. The minimum absolute atomic E-state index is 0.222. The van der Waals surface area contributed by atoms with Crippen molar-refractivity contribution >= 4 is 0 Å². The molecule has 0 atom stereocenters. The Morgan fingerprint density at radius 3 is 2.54 bits per heavy atom. The lowest BCUT2D eigenvalue weighted by Crippen LogP contribution is -2.25. The fourth-order valence-electron chi connectivity index (χ4n) is 3.50. The molecule has 132 valence electrons. The summed E-state index contributed by atoms with van der Waals surface area (Å²) in [6.07, 6.45) is 9.67. The first kappa shape index (κ1) is 18.6. The summed E-state index contributed by atoms with van der Waals surface area (Å²) in [5.41, 5.74) is 2.33. The van der Waals surface area contributed by atoms with E-state index in [4.69, 9.17) is 5.11 Å². The minimum atomic E-state index is 0.222. The molecule has 0 aliphatic heterocycles. The van der Waals surface area contributed by atoms with Gasteiger partial charge in [0.25, 0.3) is 0 Å². The normalized spacial score (nSPS) is 12.5. The number of pyridine rings is 1. The number of aromatic nitrogens is 4. The Balaban J connectivity index is 1.91. The van der Waals surface area contributed by atoms with Crippen LogP contribution in [0.2, 0.25) is 0 Å². The first-order valence-electron chi connectivity index (χ1n) is 8.73. The first-order chi connectivity index (χ1) is 11.3. The lowest BCUT2D eigenvalue weighted by molar-refractivity contribution is 0.150. The molecule has 2 aromatic heterocycles. The molecule has 5 nitrogen and oxygen atoms in total. The van der Waals surface area contributed by atoms with Gasteiger partial charge in [-0.1, -0.05) is 32.9 Å². The quantitative estimate of drug-likeness (QED) is 0.756. The van der Waals surface area contributed by atoms with Crippen LogP contribution in [0.5, 0.6) is 0 Å². The van der Waals surface area contributed by atoms with Crippen LogP contribution in [-0.4, -0.2) is 31.7 Å². The topological polar surface area (TPSA) is 63.8 Å². The standard InChI is InChI=1S/C19H30N4O/c1-18(2,8-6-12-24)15-19(3,4)9-11-23-14-17(21-22-23)16-7-5-10-20-13-16/h5,7,10,13-14,24H,6,8-9,11-12,15H2,1-4H3. The van der Waals surface area contributed by atoms with Crippen molar-refractivity contribution in [2.24, 2.45) is 10.8 Å². The molecule has 0 fully saturated rings. The molecule has 0 aliphatic carbocycles. The molecule has 0 spiro atoms. The van der Waals surface area contributed by atoms with Gasteiger partial charge < -0.3 is 5.11 Å². The highest BCUT2D eigenvalue weighted by atomic mass is 16.2. The van der Waals surface area contributed by atoms with Crippen molar-refractivity contribution in [1.29, 1.82) is 0 Å². The third kappa shape index (κ3) is 5.71. The highest BCUT2D eigenvalue weighted by molar-refractivity contribution is 5.55. The van der Waals surface area contributed by atoms with Gasteiger partial charge in [0.2, 0.25) is 0 Å². The summed E-state index contributed by atoms with van der Waals surface area (Å²) in [6, 6.07) is 3.90. The summed E-state index contributed by atoms with van der Waals surface area (Å²) >= 11 is 0. The van der Waals surface area contributed by atoms with Gasteiger partial charge in [-0.2, -0.15) is 0 Å². The zero-order valence-electron chi connectivity index (χ0n) is 15.4. The fraction of sp³-hybridized carbons (Fsp3) is 0.632. The molecular formula is C19H30N4O. The Bertz CT molecular complexity index is 619. The van der Waals surface area contributed by atoms with Gasteiger partial charge in [-0.3, -0.25) is 9.67 Å². The van der Waals surface area contributed by atoms with Gasteiger partial charge in [-0.25, -0.2) is 0 Å². The number of hydrogen-bond acceptors (Lipinski definition) is 4. The van der Waals surface area contributed by atoms with E-state index in [2.05, 4.69) is 43.0 Å². The van der Waals surface area contributed by atoms with Crippen LogP contribution in [-0.2, 0) is 6.54 Å². The van der Waals surface area contributed by atoms with E-state index in [0.717, 1.165) is 43.5 Å².